The molecule has 0 bridgehead atoms. The van der Waals surface area contributed by atoms with Crippen molar-refractivity contribution < 1.29 is 0 Å². The van der Waals surface area contributed by atoms with Crippen LogP contribution in [0.1, 0.15) is 32.1 Å². The highest BCUT2D eigenvalue weighted by atomic mass is 28.3. The maximum Gasteiger partial charge on any atom is 0.241 e. The average molecular weight is 589 g/mol. The Balaban J connectivity index is 0.000000162. The summed E-state index contributed by atoms with van der Waals surface area (Å²) in [5.41, 5.74) is 4.80. The van der Waals surface area contributed by atoms with Crippen molar-refractivity contribution in [1.29, 1.82) is 0 Å². The van der Waals surface area contributed by atoms with Gasteiger partial charge in [0, 0.05) is 18.6 Å². The number of hydrogen-bond donors (Lipinski definition) is 0. The van der Waals surface area contributed by atoms with E-state index in [4.69, 9.17) is 0 Å². The van der Waals surface area contributed by atoms with Crippen molar-refractivity contribution >= 4 is 41.5 Å². The molecule has 0 saturated heterocycles. The van der Waals surface area contributed by atoms with Crippen molar-refractivity contribution in [2.75, 3.05) is 0 Å². The number of imidazole rings is 1. The summed E-state index contributed by atoms with van der Waals surface area (Å²) in [6.07, 6.45) is 14.0. The predicted octanol–water partition coefficient (Wildman–Crippen LogP) is 6.22. The third kappa shape index (κ3) is 6.87. The zero-order chi connectivity index (χ0) is 29.9. The van der Waals surface area contributed by atoms with Gasteiger partial charge in [0.05, 0.1) is 6.33 Å². The number of rotatable bonds is 8. The van der Waals surface area contributed by atoms with Gasteiger partial charge in [-0.25, -0.2) is 4.98 Å². The fourth-order valence-electron chi connectivity index (χ4n) is 7.20. The Hall–Kier alpha value is -4.41. The Labute approximate surface area is 264 Å². The highest BCUT2D eigenvalue weighted by Gasteiger charge is 2.45. The SMILES string of the molecule is c1ccc(B(c2ccccc2)c2ccccc2)cc1.c1ccc([Si](Cn2ccnc2)(c2ccccc2)C2CCCCC2)cc1. The average Bonchev–Trinajstić information content (AvgIpc) is 3.63. The topological polar surface area (TPSA) is 17.8 Å². The van der Waals surface area contributed by atoms with E-state index in [0.29, 0.717) is 6.71 Å². The first-order valence-electron chi connectivity index (χ1n) is 16.1. The Kier molecular flexibility index (Phi) is 10.0. The Morgan fingerprint density at radius 1 is 0.545 bits per heavy atom. The second kappa shape index (κ2) is 14.9. The summed E-state index contributed by atoms with van der Waals surface area (Å²) < 4.78 is 2.32. The first kappa shape index (κ1) is 29.7. The summed E-state index contributed by atoms with van der Waals surface area (Å²) in [6, 6.07) is 54.7. The van der Waals surface area contributed by atoms with Crippen LogP contribution in [-0.4, -0.2) is 24.3 Å². The minimum absolute atomic E-state index is 0.309. The quantitative estimate of drug-likeness (QED) is 0.193. The maximum absolute atomic E-state index is 4.32. The molecule has 6 aromatic rings. The molecule has 1 fully saturated rings. The first-order valence-corrected chi connectivity index (χ1v) is 18.3. The van der Waals surface area contributed by atoms with E-state index < -0.39 is 8.07 Å². The largest absolute Gasteiger partial charge is 0.340 e. The molecule has 1 heterocycles. The highest BCUT2D eigenvalue weighted by Crippen LogP contribution is 2.37. The zero-order valence-electron chi connectivity index (χ0n) is 25.5. The van der Waals surface area contributed by atoms with E-state index in [2.05, 4.69) is 167 Å². The lowest BCUT2D eigenvalue weighted by Crippen LogP contribution is -2.64. The molecule has 218 valence electrons. The van der Waals surface area contributed by atoms with Gasteiger partial charge in [0.25, 0.3) is 0 Å². The molecule has 44 heavy (non-hydrogen) atoms. The van der Waals surface area contributed by atoms with Crippen molar-refractivity contribution in [2.24, 2.45) is 0 Å². The Morgan fingerprint density at radius 3 is 1.34 bits per heavy atom. The lowest BCUT2D eigenvalue weighted by atomic mass is 9.37. The van der Waals surface area contributed by atoms with E-state index in [0.717, 1.165) is 11.7 Å². The van der Waals surface area contributed by atoms with Crippen molar-refractivity contribution in [3.63, 3.8) is 0 Å². The second-order valence-corrected chi connectivity index (χ2v) is 16.2. The van der Waals surface area contributed by atoms with Crippen LogP contribution in [0.2, 0.25) is 5.54 Å². The standard InChI is InChI=1S/C22H26N2Si.C18H15B/c1-4-10-20(11-5-1)25(19-24-17-16-23-18-24,21-12-6-2-7-13-21)22-14-8-3-9-15-22;1-4-10-16(11-5-1)19(17-12-6-2-7-13-17)18-14-8-3-9-15-18/h1-2,4-7,10-13,16-18,22H,3,8-9,14-15,19H2;1-15H. The zero-order valence-corrected chi connectivity index (χ0v) is 26.5. The summed E-state index contributed by atoms with van der Waals surface area (Å²) in [6.45, 7) is 0.309. The molecule has 0 spiro atoms. The van der Waals surface area contributed by atoms with Gasteiger partial charge >= 0.3 is 0 Å². The molecule has 0 atom stereocenters. The predicted molar refractivity (Wildman–Crippen MR) is 191 cm³/mol. The molecule has 1 aliphatic carbocycles. The van der Waals surface area contributed by atoms with Crippen LogP contribution in [-0.2, 0) is 6.17 Å². The summed E-state index contributed by atoms with van der Waals surface area (Å²) in [4.78, 5) is 4.32. The second-order valence-electron chi connectivity index (χ2n) is 11.9. The fourth-order valence-corrected chi connectivity index (χ4v) is 12.8. The van der Waals surface area contributed by atoms with Gasteiger partial charge in [-0.05, 0) is 5.54 Å². The van der Waals surface area contributed by atoms with Gasteiger partial charge in [0.15, 0.2) is 0 Å². The molecule has 7 rings (SSSR count). The molecule has 0 amide bonds. The molecule has 0 N–H and O–H groups in total. The van der Waals surface area contributed by atoms with Crippen LogP contribution in [0.15, 0.2) is 170 Å². The summed E-state index contributed by atoms with van der Waals surface area (Å²) >= 11 is 0. The lowest BCUT2D eigenvalue weighted by Gasteiger charge is -2.42. The fraction of sp³-hybridized carbons (Fsp3) is 0.175. The molecule has 0 aliphatic heterocycles. The smallest absolute Gasteiger partial charge is 0.241 e. The van der Waals surface area contributed by atoms with Crippen LogP contribution in [0.4, 0.5) is 0 Å². The van der Waals surface area contributed by atoms with Crippen LogP contribution in [0.5, 0.6) is 0 Å². The van der Waals surface area contributed by atoms with E-state index in [1.54, 1.807) is 10.4 Å². The maximum atomic E-state index is 4.32. The van der Waals surface area contributed by atoms with E-state index in [9.17, 15) is 0 Å². The molecular formula is C40H41BN2Si. The first-order chi connectivity index (χ1) is 21.8. The van der Waals surface area contributed by atoms with Gasteiger partial charge in [-0.3, -0.25) is 0 Å². The van der Waals surface area contributed by atoms with Crippen molar-refractivity contribution in [3.8, 4) is 0 Å². The monoisotopic (exact) mass is 588 g/mol. The van der Waals surface area contributed by atoms with Crippen LogP contribution in [0.25, 0.3) is 0 Å². The Bertz CT molecular complexity index is 1500. The summed E-state index contributed by atoms with van der Waals surface area (Å²) in [7, 11) is -1.93. The van der Waals surface area contributed by atoms with E-state index >= 15 is 0 Å². The van der Waals surface area contributed by atoms with Gasteiger partial charge in [0.1, 0.15) is 8.07 Å². The molecule has 2 nitrogen and oxygen atoms in total. The molecule has 0 unspecified atom stereocenters. The minimum atomic E-state index is -1.93. The molecule has 1 saturated carbocycles. The molecule has 4 heteroatoms. The Morgan fingerprint density at radius 2 is 0.955 bits per heavy atom. The summed E-state index contributed by atoms with van der Waals surface area (Å²) in [5.74, 6) is 0. The van der Waals surface area contributed by atoms with Gasteiger partial charge in [-0.1, -0.05) is 211 Å². The van der Waals surface area contributed by atoms with Crippen molar-refractivity contribution in [1.82, 2.24) is 9.55 Å². The molecular weight excluding hydrogens is 547 g/mol. The van der Waals surface area contributed by atoms with E-state index in [1.807, 2.05) is 12.5 Å². The van der Waals surface area contributed by atoms with Gasteiger partial charge in [0.2, 0.25) is 6.71 Å². The van der Waals surface area contributed by atoms with E-state index in [-0.39, 0.29) is 0 Å². The van der Waals surface area contributed by atoms with E-state index in [1.165, 1.54) is 48.5 Å². The molecule has 1 aliphatic rings. The highest BCUT2D eigenvalue weighted by molar-refractivity contribution is 7.02. The number of hydrogen-bond acceptors (Lipinski definition) is 1. The number of benzene rings is 5. The van der Waals surface area contributed by atoms with Crippen LogP contribution in [0, 0.1) is 0 Å². The van der Waals surface area contributed by atoms with Crippen molar-refractivity contribution in [3.05, 3.63) is 170 Å². The number of aromatic nitrogens is 2. The van der Waals surface area contributed by atoms with Crippen LogP contribution >= 0.6 is 0 Å². The van der Waals surface area contributed by atoms with Gasteiger partial charge < -0.3 is 4.57 Å². The molecule has 5 aromatic carbocycles. The van der Waals surface area contributed by atoms with Gasteiger partial charge in [-0.15, -0.1) is 0 Å². The minimum Gasteiger partial charge on any atom is -0.340 e. The molecule has 0 radical (unpaired) electrons. The number of nitrogens with zero attached hydrogens (tertiary/aromatic N) is 2. The third-order valence-electron chi connectivity index (χ3n) is 9.27. The summed E-state index contributed by atoms with van der Waals surface area (Å²) in [5, 5.41) is 3.14. The lowest BCUT2D eigenvalue weighted by molar-refractivity contribution is 0.491. The van der Waals surface area contributed by atoms with Crippen LogP contribution in [0.3, 0.4) is 0 Å². The third-order valence-corrected chi connectivity index (χ3v) is 14.8. The van der Waals surface area contributed by atoms with Crippen LogP contribution < -0.4 is 26.8 Å². The van der Waals surface area contributed by atoms with Crippen molar-refractivity contribution in [2.45, 2.75) is 43.8 Å². The van der Waals surface area contributed by atoms with Gasteiger partial charge in [-0.2, -0.15) is 0 Å². The molecule has 1 aromatic heterocycles. The normalized spacial score (nSPS) is 13.5.